The van der Waals surface area contributed by atoms with E-state index in [1.54, 1.807) is 18.2 Å². The molecule has 0 spiro atoms. The van der Waals surface area contributed by atoms with Crippen molar-refractivity contribution in [3.05, 3.63) is 71.0 Å². The molecular formula is C16H16F3N. The molecule has 4 heteroatoms. The van der Waals surface area contributed by atoms with Gasteiger partial charge < -0.3 is 5.73 Å². The summed E-state index contributed by atoms with van der Waals surface area (Å²) in [5.74, 6) is -2.02. The summed E-state index contributed by atoms with van der Waals surface area (Å²) in [6.45, 7) is 0.354. The minimum atomic E-state index is -0.871. The topological polar surface area (TPSA) is 26.0 Å². The maximum Gasteiger partial charge on any atom is 0.159 e. The van der Waals surface area contributed by atoms with Crippen LogP contribution in [0.25, 0.3) is 0 Å². The van der Waals surface area contributed by atoms with Crippen LogP contribution in [0.15, 0.2) is 42.5 Å². The molecule has 1 unspecified atom stereocenters. The Morgan fingerprint density at radius 3 is 2.25 bits per heavy atom. The van der Waals surface area contributed by atoms with Crippen LogP contribution in [0, 0.1) is 23.4 Å². The molecule has 0 amide bonds. The zero-order chi connectivity index (χ0) is 14.5. The Kier molecular flexibility index (Phi) is 4.79. The molecule has 0 heterocycles. The van der Waals surface area contributed by atoms with Crippen molar-refractivity contribution in [1.82, 2.24) is 0 Å². The Bertz CT molecular complexity index is 584. The van der Waals surface area contributed by atoms with Crippen molar-refractivity contribution in [3.8, 4) is 0 Å². The first kappa shape index (κ1) is 14.6. The average Bonchev–Trinajstić information content (AvgIpc) is 2.44. The Hall–Kier alpha value is -1.81. The van der Waals surface area contributed by atoms with E-state index >= 15 is 0 Å². The molecule has 106 valence electrons. The summed E-state index contributed by atoms with van der Waals surface area (Å²) in [4.78, 5) is 0. The number of benzene rings is 2. The molecule has 0 fully saturated rings. The van der Waals surface area contributed by atoms with E-state index in [0.717, 1.165) is 6.07 Å². The summed E-state index contributed by atoms with van der Waals surface area (Å²) in [5, 5.41) is 0. The maximum atomic E-state index is 13.6. The Morgan fingerprint density at radius 1 is 0.850 bits per heavy atom. The quantitative estimate of drug-likeness (QED) is 0.891. The second kappa shape index (κ2) is 6.57. The van der Waals surface area contributed by atoms with Crippen molar-refractivity contribution >= 4 is 0 Å². The summed E-state index contributed by atoms with van der Waals surface area (Å²) in [6, 6.07) is 10.3. The van der Waals surface area contributed by atoms with Crippen LogP contribution in [0.4, 0.5) is 13.2 Å². The van der Waals surface area contributed by atoms with Crippen molar-refractivity contribution in [2.45, 2.75) is 12.8 Å². The van der Waals surface area contributed by atoms with E-state index in [4.69, 9.17) is 5.73 Å². The number of halogens is 3. The fraction of sp³-hybridized carbons (Fsp3) is 0.250. The molecule has 0 aliphatic carbocycles. The van der Waals surface area contributed by atoms with E-state index < -0.39 is 11.6 Å². The van der Waals surface area contributed by atoms with Gasteiger partial charge in [0.15, 0.2) is 11.6 Å². The lowest BCUT2D eigenvalue weighted by molar-refractivity contribution is 0.494. The van der Waals surface area contributed by atoms with Gasteiger partial charge in [0, 0.05) is 0 Å². The summed E-state index contributed by atoms with van der Waals surface area (Å²) in [5.41, 5.74) is 6.95. The van der Waals surface area contributed by atoms with Crippen LogP contribution in [0.3, 0.4) is 0 Å². The monoisotopic (exact) mass is 279 g/mol. The van der Waals surface area contributed by atoms with Crippen molar-refractivity contribution in [1.29, 1.82) is 0 Å². The molecule has 0 saturated heterocycles. The minimum absolute atomic E-state index is 0.0169. The molecule has 0 aromatic heterocycles. The molecule has 0 saturated carbocycles. The molecular weight excluding hydrogens is 263 g/mol. The molecule has 0 aliphatic heterocycles. The third-order valence-electron chi connectivity index (χ3n) is 3.31. The van der Waals surface area contributed by atoms with E-state index in [-0.39, 0.29) is 11.7 Å². The fourth-order valence-corrected chi connectivity index (χ4v) is 2.21. The van der Waals surface area contributed by atoms with Gasteiger partial charge in [0.05, 0.1) is 0 Å². The van der Waals surface area contributed by atoms with Crippen LogP contribution in [-0.2, 0) is 12.8 Å². The molecule has 0 radical (unpaired) electrons. The average molecular weight is 279 g/mol. The van der Waals surface area contributed by atoms with Gasteiger partial charge in [-0.25, -0.2) is 13.2 Å². The van der Waals surface area contributed by atoms with Crippen LogP contribution in [-0.4, -0.2) is 6.54 Å². The second-order valence-electron chi connectivity index (χ2n) is 4.85. The normalized spacial score (nSPS) is 12.4. The summed E-state index contributed by atoms with van der Waals surface area (Å²) in [6.07, 6.45) is 0.963. The summed E-state index contributed by atoms with van der Waals surface area (Å²) >= 11 is 0. The highest BCUT2D eigenvalue weighted by Gasteiger charge is 2.13. The second-order valence-corrected chi connectivity index (χ2v) is 4.85. The molecule has 0 aliphatic rings. The van der Waals surface area contributed by atoms with Gasteiger partial charge in [-0.15, -0.1) is 0 Å². The minimum Gasteiger partial charge on any atom is -0.330 e. The molecule has 1 nitrogen and oxygen atoms in total. The van der Waals surface area contributed by atoms with Crippen LogP contribution in [0.5, 0.6) is 0 Å². The first-order valence-electron chi connectivity index (χ1n) is 6.47. The molecule has 20 heavy (non-hydrogen) atoms. The maximum absolute atomic E-state index is 13.6. The zero-order valence-electron chi connectivity index (χ0n) is 11.0. The van der Waals surface area contributed by atoms with Gasteiger partial charge in [0.2, 0.25) is 0 Å². The predicted molar refractivity (Wildman–Crippen MR) is 72.7 cm³/mol. The van der Waals surface area contributed by atoms with Crippen molar-refractivity contribution < 1.29 is 13.2 Å². The van der Waals surface area contributed by atoms with Crippen molar-refractivity contribution in [2.75, 3.05) is 6.54 Å². The van der Waals surface area contributed by atoms with Gasteiger partial charge in [-0.1, -0.05) is 24.3 Å². The SMILES string of the molecule is NCC(Cc1ccc(F)c(F)c1)Cc1ccccc1F. The van der Waals surface area contributed by atoms with Gasteiger partial charge in [-0.2, -0.15) is 0 Å². The Balaban J connectivity index is 2.09. The first-order valence-corrected chi connectivity index (χ1v) is 6.47. The van der Waals surface area contributed by atoms with Gasteiger partial charge >= 0.3 is 0 Å². The Labute approximate surface area is 116 Å². The van der Waals surface area contributed by atoms with Gasteiger partial charge in [-0.05, 0) is 54.6 Å². The van der Waals surface area contributed by atoms with Crippen LogP contribution in [0.1, 0.15) is 11.1 Å². The number of hydrogen-bond acceptors (Lipinski definition) is 1. The third-order valence-corrected chi connectivity index (χ3v) is 3.31. The van der Waals surface area contributed by atoms with Crippen LogP contribution < -0.4 is 5.73 Å². The molecule has 2 rings (SSSR count). The zero-order valence-corrected chi connectivity index (χ0v) is 11.0. The highest BCUT2D eigenvalue weighted by molar-refractivity contribution is 5.21. The fourth-order valence-electron chi connectivity index (χ4n) is 2.21. The van der Waals surface area contributed by atoms with Crippen LogP contribution in [0.2, 0.25) is 0 Å². The molecule has 2 N–H and O–H groups in total. The Morgan fingerprint density at radius 2 is 1.60 bits per heavy atom. The highest BCUT2D eigenvalue weighted by atomic mass is 19.2. The lowest BCUT2D eigenvalue weighted by atomic mass is 9.92. The number of nitrogens with two attached hydrogens (primary N) is 1. The highest BCUT2D eigenvalue weighted by Crippen LogP contribution is 2.18. The predicted octanol–water partition coefficient (Wildman–Crippen LogP) is 3.46. The van der Waals surface area contributed by atoms with E-state index in [1.165, 1.54) is 18.2 Å². The van der Waals surface area contributed by atoms with E-state index in [1.807, 2.05) is 0 Å². The number of hydrogen-bond donors (Lipinski definition) is 1. The smallest absolute Gasteiger partial charge is 0.159 e. The van der Waals surface area contributed by atoms with Gasteiger partial charge in [0.1, 0.15) is 5.82 Å². The largest absolute Gasteiger partial charge is 0.330 e. The van der Waals surface area contributed by atoms with E-state index in [9.17, 15) is 13.2 Å². The van der Waals surface area contributed by atoms with Crippen molar-refractivity contribution in [3.63, 3.8) is 0 Å². The lowest BCUT2D eigenvalue weighted by Gasteiger charge is -2.15. The van der Waals surface area contributed by atoms with Crippen molar-refractivity contribution in [2.24, 2.45) is 11.7 Å². The third kappa shape index (κ3) is 3.61. The lowest BCUT2D eigenvalue weighted by Crippen LogP contribution is -2.20. The van der Waals surface area contributed by atoms with Gasteiger partial charge in [0.25, 0.3) is 0 Å². The first-order chi connectivity index (χ1) is 9.60. The van der Waals surface area contributed by atoms with E-state index in [2.05, 4.69) is 0 Å². The molecule has 0 bridgehead atoms. The van der Waals surface area contributed by atoms with Gasteiger partial charge in [-0.3, -0.25) is 0 Å². The standard InChI is InChI=1S/C16H16F3N/c17-14-4-2-1-3-13(14)8-12(10-20)7-11-5-6-15(18)16(19)9-11/h1-6,9,12H,7-8,10,20H2. The molecule has 1 atom stereocenters. The summed E-state index contributed by atoms with van der Waals surface area (Å²) < 4.78 is 39.6. The molecule has 2 aromatic carbocycles. The van der Waals surface area contributed by atoms with Crippen LogP contribution >= 0.6 is 0 Å². The van der Waals surface area contributed by atoms with E-state index in [0.29, 0.717) is 30.5 Å². The molecule has 2 aromatic rings. The number of rotatable bonds is 5. The summed E-state index contributed by atoms with van der Waals surface area (Å²) in [7, 11) is 0.